The van der Waals surface area contributed by atoms with E-state index >= 15 is 0 Å². The van der Waals surface area contributed by atoms with Crippen molar-refractivity contribution in [2.75, 3.05) is 13.1 Å². The van der Waals surface area contributed by atoms with E-state index in [4.69, 9.17) is 0 Å². The molecule has 1 aliphatic heterocycles. The van der Waals surface area contributed by atoms with Crippen LogP contribution in [0.1, 0.15) is 19.8 Å². The lowest BCUT2D eigenvalue weighted by Gasteiger charge is -2.13. The van der Waals surface area contributed by atoms with Gasteiger partial charge in [0.1, 0.15) is 19.1 Å². The molecule has 4 amide bonds. The predicted octanol–water partition coefficient (Wildman–Crippen LogP) is 0.385. The topological polar surface area (TPSA) is 78.5 Å². The van der Waals surface area contributed by atoms with Gasteiger partial charge in [0.15, 0.2) is 0 Å². The first-order valence-electron chi connectivity index (χ1n) is 5.70. The van der Waals surface area contributed by atoms with Crippen molar-refractivity contribution >= 4 is 17.8 Å². The normalized spacial score (nSPS) is 19.6. The molecule has 1 rings (SSSR count). The number of carbonyl (C=O) groups excluding carboxylic acids is 3. The molecule has 0 saturated carbocycles. The molecule has 1 unspecified atom stereocenters. The third-order valence-electron chi connectivity index (χ3n) is 2.47. The van der Waals surface area contributed by atoms with Gasteiger partial charge in [-0.05, 0) is 6.42 Å². The second-order valence-corrected chi connectivity index (χ2v) is 4.11. The Balaban J connectivity index is 2.50. The van der Waals surface area contributed by atoms with Crippen molar-refractivity contribution in [3.05, 3.63) is 0 Å². The number of carbonyl (C=O) groups is 3. The molecule has 108 valence electrons. The average Bonchev–Trinajstić information content (AvgIpc) is 2.54. The minimum atomic E-state index is -4.53. The molecule has 0 radical (unpaired) electrons. The van der Waals surface area contributed by atoms with Gasteiger partial charge in [0, 0.05) is 0 Å². The van der Waals surface area contributed by atoms with Crippen molar-refractivity contribution in [3.8, 4) is 0 Å². The third-order valence-corrected chi connectivity index (χ3v) is 2.47. The molecule has 6 nitrogen and oxygen atoms in total. The molecule has 1 heterocycles. The molecule has 0 aromatic rings. The second-order valence-electron chi connectivity index (χ2n) is 4.11. The largest absolute Gasteiger partial charge is 0.405 e. The minimum absolute atomic E-state index is 0.422. The Bertz CT molecular complexity index is 384. The fraction of sp³-hybridized carbons (Fsp3) is 0.700. The molecular weight excluding hydrogens is 267 g/mol. The Hall–Kier alpha value is -1.80. The number of nitrogens with zero attached hydrogens (tertiary/aromatic N) is 1. The lowest BCUT2D eigenvalue weighted by molar-refractivity contribution is -0.140. The Kier molecular flexibility index (Phi) is 4.73. The van der Waals surface area contributed by atoms with E-state index in [0.717, 1.165) is 0 Å². The number of rotatable bonds is 5. The molecule has 0 aromatic carbocycles. The first kappa shape index (κ1) is 15.3. The van der Waals surface area contributed by atoms with Gasteiger partial charge in [-0.2, -0.15) is 13.2 Å². The highest BCUT2D eigenvalue weighted by atomic mass is 19.4. The fourth-order valence-corrected chi connectivity index (χ4v) is 1.61. The van der Waals surface area contributed by atoms with Crippen LogP contribution in [0.25, 0.3) is 0 Å². The van der Waals surface area contributed by atoms with Gasteiger partial charge in [0.05, 0.1) is 0 Å². The number of hydrogen-bond acceptors (Lipinski definition) is 3. The summed E-state index contributed by atoms with van der Waals surface area (Å²) in [5.74, 6) is -1.62. The Morgan fingerprint density at radius 2 is 2.05 bits per heavy atom. The van der Waals surface area contributed by atoms with Crippen LogP contribution in [-0.2, 0) is 9.59 Å². The number of alkyl halides is 3. The minimum Gasteiger partial charge on any atom is -0.345 e. The molecule has 2 N–H and O–H groups in total. The summed E-state index contributed by atoms with van der Waals surface area (Å²) in [6.45, 7) is -0.382. The van der Waals surface area contributed by atoms with Crippen molar-refractivity contribution in [1.29, 1.82) is 0 Å². The van der Waals surface area contributed by atoms with Crippen LogP contribution in [0.4, 0.5) is 18.0 Å². The maximum absolute atomic E-state index is 11.9. The van der Waals surface area contributed by atoms with Crippen LogP contribution in [0.3, 0.4) is 0 Å². The van der Waals surface area contributed by atoms with Crippen LogP contribution < -0.4 is 10.6 Å². The second kappa shape index (κ2) is 5.89. The summed E-state index contributed by atoms with van der Waals surface area (Å²) in [5.41, 5.74) is 0. The number of urea groups is 1. The molecule has 19 heavy (non-hydrogen) atoms. The van der Waals surface area contributed by atoms with Gasteiger partial charge in [0.2, 0.25) is 5.91 Å². The van der Waals surface area contributed by atoms with Crippen LogP contribution in [-0.4, -0.2) is 48.1 Å². The summed E-state index contributed by atoms with van der Waals surface area (Å²) in [5, 5.41) is 3.97. The summed E-state index contributed by atoms with van der Waals surface area (Å²) in [4.78, 5) is 34.9. The first-order chi connectivity index (χ1) is 8.74. The monoisotopic (exact) mass is 281 g/mol. The molecule has 1 aliphatic rings. The zero-order chi connectivity index (χ0) is 14.6. The van der Waals surface area contributed by atoms with Crippen LogP contribution in [0.5, 0.6) is 0 Å². The van der Waals surface area contributed by atoms with Crippen LogP contribution in [0, 0.1) is 0 Å². The standard InChI is InChI=1S/C10H14F3N3O3/c1-2-3-6-8(18)16(9(19)15-6)4-7(17)14-5-10(11,12)13/h6H,2-5H2,1H3,(H,14,17)(H,15,19). The van der Waals surface area contributed by atoms with Crippen molar-refractivity contribution in [1.82, 2.24) is 15.5 Å². The first-order valence-corrected chi connectivity index (χ1v) is 5.70. The zero-order valence-corrected chi connectivity index (χ0v) is 10.2. The molecule has 9 heteroatoms. The average molecular weight is 281 g/mol. The Morgan fingerprint density at radius 1 is 1.42 bits per heavy atom. The SMILES string of the molecule is CCCC1NC(=O)N(CC(=O)NCC(F)(F)F)C1=O. The molecule has 0 bridgehead atoms. The van der Waals surface area contributed by atoms with Gasteiger partial charge >= 0.3 is 12.2 Å². The van der Waals surface area contributed by atoms with E-state index in [2.05, 4.69) is 5.32 Å². The molecule has 0 aromatic heterocycles. The van der Waals surface area contributed by atoms with Gasteiger partial charge in [-0.25, -0.2) is 4.79 Å². The maximum atomic E-state index is 11.9. The number of hydrogen-bond donors (Lipinski definition) is 2. The van der Waals surface area contributed by atoms with Gasteiger partial charge in [-0.1, -0.05) is 13.3 Å². The van der Waals surface area contributed by atoms with E-state index in [1.165, 1.54) is 0 Å². The third kappa shape index (κ3) is 4.42. The number of nitrogens with one attached hydrogen (secondary N) is 2. The molecule has 0 aliphatic carbocycles. The van der Waals surface area contributed by atoms with E-state index in [9.17, 15) is 27.6 Å². The summed E-state index contributed by atoms with van der Waals surface area (Å²) in [7, 11) is 0. The van der Waals surface area contributed by atoms with Gasteiger partial charge in [0.25, 0.3) is 5.91 Å². The fourth-order valence-electron chi connectivity index (χ4n) is 1.61. The smallest absolute Gasteiger partial charge is 0.345 e. The van der Waals surface area contributed by atoms with Crippen LogP contribution in [0.15, 0.2) is 0 Å². The van der Waals surface area contributed by atoms with Crippen molar-refractivity contribution < 1.29 is 27.6 Å². The van der Waals surface area contributed by atoms with Crippen molar-refractivity contribution in [2.24, 2.45) is 0 Å². The molecule has 1 saturated heterocycles. The van der Waals surface area contributed by atoms with Crippen LogP contribution in [0.2, 0.25) is 0 Å². The van der Waals surface area contributed by atoms with E-state index in [1.54, 1.807) is 5.32 Å². The zero-order valence-electron chi connectivity index (χ0n) is 10.2. The number of amides is 4. The lowest BCUT2D eigenvalue weighted by Crippen LogP contribution is -2.43. The maximum Gasteiger partial charge on any atom is 0.405 e. The molecule has 1 fully saturated rings. The predicted molar refractivity (Wildman–Crippen MR) is 58.0 cm³/mol. The molecular formula is C10H14F3N3O3. The lowest BCUT2D eigenvalue weighted by atomic mass is 10.2. The summed E-state index contributed by atoms with van der Waals surface area (Å²) < 4.78 is 35.6. The van der Waals surface area contributed by atoms with E-state index in [0.29, 0.717) is 17.7 Å². The summed E-state index contributed by atoms with van der Waals surface area (Å²) >= 11 is 0. The quantitative estimate of drug-likeness (QED) is 0.715. The van der Waals surface area contributed by atoms with Gasteiger partial charge in [-0.3, -0.25) is 14.5 Å². The summed E-state index contributed by atoms with van der Waals surface area (Å²) in [6, 6.07) is -1.46. The Labute approximate surface area is 107 Å². The van der Waals surface area contributed by atoms with E-state index in [-0.39, 0.29) is 0 Å². The van der Waals surface area contributed by atoms with Crippen LogP contribution >= 0.6 is 0 Å². The van der Waals surface area contributed by atoms with Gasteiger partial charge < -0.3 is 10.6 Å². The summed E-state index contributed by atoms with van der Waals surface area (Å²) in [6.07, 6.45) is -3.45. The highest BCUT2D eigenvalue weighted by Gasteiger charge is 2.38. The highest BCUT2D eigenvalue weighted by Crippen LogP contribution is 2.13. The van der Waals surface area contributed by atoms with E-state index in [1.807, 2.05) is 6.92 Å². The number of imide groups is 1. The van der Waals surface area contributed by atoms with Crippen molar-refractivity contribution in [2.45, 2.75) is 32.0 Å². The van der Waals surface area contributed by atoms with Crippen molar-refractivity contribution in [3.63, 3.8) is 0 Å². The van der Waals surface area contributed by atoms with E-state index < -0.39 is 43.2 Å². The molecule has 0 spiro atoms. The Morgan fingerprint density at radius 3 is 2.58 bits per heavy atom. The highest BCUT2D eigenvalue weighted by molar-refractivity contribution is 6.06. The van der Waals surface area contributed by atoms with Gasteiger partial charge in [-0.15, -0.1) is 0 Å². The molecule has 1 atom stereocenters. The number of halogens is 3.